The molecule has 2 aromatic rings. The molecule has 0 unspecified atom stereocenters. The summed E-state index contributed by atoms with van der Waals surface area (Å²) >= 11 is 0. The molecule has 0 amide bonds. The fourth-order valence-corrected chi connectivity index (χ4v) is 4.12. The summed E-state index contributed by atoms with van der Waals surface area (Å²) in [5.41, 5.74) is 1.74. The second kappa shape index (κ2) is 7.69. The molecule has 0 aliphatic carbocycles. The molecule has 0 saturated carbocycles. The lowest BCUT2D eigenvalue weighted by Gasteiger charge is -2.31. The first kappa shape index (κ1) is 18.8. The van der Waals surface area contributed by atoms with Crippen molar-refractivity contribution >= 4 is 15.7 Å². The monoisotopic (exact) mass is 382 g/mol. The number of ether oxygens (including phenoxy) is 1. The summed E-state index contributed by atoms with van der Waals surface area (Å²) in [4.78, 5) is 1.60. The fraction of sp³-hybridized carbons (Fsp3) is 0.333. The van der Waals surface area contributed by atoms with Crippen molar-refractivity contribution in [3.05, 3.63) is 59.7 Å². The Balaban J connectivity index is 1.86. The Kier molecular flexibility index (Phi) is 5.55. The number of rotatable bonds is 5. The Bertz CT molecular complexity index is 884. The van der Waals surface area contributed by atoms with Gasteiger partial charge in [0, 0.05) is 38.4 Å². The van der Waals surface area contributed by atoms with Crippen LogP contribution in [0.4, 0.5) is 14.5 Å². The molecule has 1 fully saturated rings. The van der Waals surface area contributed by atoms with Crippen LogP contribution in [0.25, 0.3) is 0 Å². The van der Waals surface area contributed by atoms with Gasteiger partial charge in [0.15, 0.2) is 0 Å². The van der Waals surface area contributed by atoms with E-state index in [0.717, 1.165) is 40.8 Å². The number of hydrogen-bond donors (Lipinski definition) is 0. The quantitative estimate of drug-likeness (QED) is 0.798. The van der Waals surface area contributed by atoms with Crippen LogP contribution in [-0.2, 0) is 21.3 Å². The topological polar surface area (TPSA) is 49.9 Å². The van der Waals surface area contributed by atoms with Gasteiger partial charge in [0.2, 0.25) is 10.0 Å². The SMILES string of the molecule is CN(Cc1ccccc1N1CCOCC1)S(=O)(=O)c1ccc(F)cc1F. The van der Waals surface area contributed by atoms with Crippen LogP contribution in [0.15, 0.2) is 47.4 Å². The molecular formula is C18H20F2N2O3S. The Morgan fingerprint density at radius 2 is 1.81 bits per heavy atom. The van der Waals surface area contributed by atoms with Gasteiger partial charge in [0.25, 0.3) is 0 Å². The maximum absolute atomic E-state index is 13.9. The van der Waals surface area contributed by atoms with Gasteiger partial charge < -0.3 is 9.64 Å². The standard InChI is InChI=1S/C18H20F2N2O3S/c1-21(26(23,24)18-7-6-15(19)12-16(18)20)13-14-4-2-3-5-17(14)22-8-10-25-11-9-22/h2-7,12H,8-11,13H2,1H3. The zero-order chi connectivity index (χ0) is 18.7. The summed E-state index contributed by atoms with van der Waals surface area (Å²) < 4.78 is 58.8. The highest BCUT2D eigenvalue weighted by Gasteiger charge is 2.26. The number of halogens is 2. The van der Waals surface area contributed by atoms with Gasteiger partial charge in [-0.1, -0.05) is 18.2 Å². The van der Waals surface area contributed by atoms with Crippen LogP contribution in [0.2, 0.25) is 0 Å². The molecule has 1 saturated heterocycles. The molecule has 0 aromatic heterocycles. The van der Waals surface area contributed by atoms with E-state index in [0.29, 0.717) is 19.3 Å². The molecule has 26 heavy (non-hydrogen) atoms. The Hall–Kier alpha value is -2.03. The molecule has 0 bridgehead atoms. The minimum atomic E-state index is -4.08. The Morgan fingerprint density at radius 1 is 1.12 bits per heavy atom. The van der Waals surface area contributed by atoms with Gasteiger partial charge in [-0.2, -0.15) is 4.31 Å². The molecule has 3 rings (SSSR count). The van der Waals surface area contributed by atoms with Gasteiger partial charge in [-0.05, 0) is 23.8 Å². The number of anilines is 1. The predicted molar refractivity (Wildman–Crippen MR) is 94.5 cm³/mol. The number of hydrogen-bond acceptors (Lipinski definition) is 4. The molecule has 8 heteroatoms. The molecule has 2 aromatic carbocycles. The summed E-state index contributed by atoms with van der Waals surface area (Å²) in [6, 6.07) is 9.95. The van der Waals surface area contributed by atoms with Gasteiger partial charge in [0.05, 0.1) is 13.2 Å². The maximum Gasteiger partial charge on any atom is 0.246 e. The fourth-order valence-electron chi connectivity index (χ4n) is 2.93. The lowest BCUT2D eigenvalue weighted by molar-refractivity contribution is 0.122. The van der Waals surface area contributed by atoms with Crippen molar-refractivity contribution in [1.82, 2.24) is 4.31 Å². The zero-order valence-corrected chi connectivity index (χ0v) is 15.2. The first-order chi connectivity index (χ1) is 12.4. The predicted octanol–water partition coefficient (Wildman–Crippen LogP) is 2.62. The van der Waals surface area contributed by atoms with E-state index in [9.17, 15) is 17.2 Å². The lowest BCUT2D eigenvalue weighted by Crippen LogP contribution is -2.37. The molecule has 140 valence electrons. The van der Waals surface area contributed by atoms with E-state index in [4.69, 9.17) is 4.74 Å². The van der Waals surface area contributed by atoms with Crippen molar-refractivity contribution < 1.29 is 21.9 Å². The average Bonchev–Trinajstić information content (AvgIpc) is 2.62. The molecule has 1 aliphatic rings. The average molecular weight is 382 g/mol. The molecule has 0 spiro atoms. The van der Waals surface area contributed by atoms with E-state index in [1.807, 2.05) is 24.3 Å². The molecular weight excluding hydrogens is 362 g/mol. The number of morpholine rings is 1. The van der Waals surface area contributed by atoms with Gasteiger partial charge >= 0.3 is 0 Å². The highest BCUT2D eigenvalue weighted by Crippen LogP contribution is 2.26. The molecule has 5 nitrogen and oxygen atoms in total. The summed E-state index contributed by atoms with van der Waals surface area (Å²) in [6.07, 6.45) is 0. The first-order valence-corrected chi connectivity index (χ1v) is 9.65. The van der Waals surface area contributed by atoms with Gasteiger partial charge in [-0.25, -0.2) is 17.2 Å². The third kappa shape index (κ3) is 3.87. The first-order valence-electron chi connectivity index (χ1n) is 8.21. The van der Waals surface area contributed by atoms with E-state index in [1.165, 1.54) is 7.05 Å². The number of nitrogens with zero attached hydrogens (tertiary/aromatic N) is 2. The lowest BCUT2D eigenvalue weighted by atomic mass is 10.1. The van der Waals surface area contributed by atoms with Crippen molar-refractivity contribution in [3.8, 4) is 0 Å². The van der Waals surface area contributed by atoms with Crippen LogP contribution >= 0.6 is 0 Å². The van der Waals surface area contributed by atoms with Crippen LogP contribution in [0.1, 0.15) is 5.56 Å². The maximum atomic E-state index is 13.9. The van der Waals surface area contributed by atoms with Crippen molar-refractivity contribution in [2.45, 2.75) is 11.4 Å². The van der Waals surface area contributed by atoms with Crippen molar-refractivity contribution in [3.63, 3.8) is 0 Å². The van der Waals surface area contributed by atoms with Crippen LogP contribution in [0, 0.1) is 11.6 Å². The minimum Gasteiger partial charge on any atom is -0.378 e. The van der Waals surface area contributed by atoms with Gasteiger partial charge in [-0.15, -0.1) is 0 Å². The summed E-state index contributed by atoms with van der Waals surface area (Å²) in [5.74, 6) is -1.92. The van der Waals surface area contributed by atoms with Gasteiger partial charge in [-0.3, -0.25) is 0 Å². The third-order valence-corrected chi connectivity index (χ3v) is 6.16. The smallest absolute Gasteiger partial charge is 0.246 e. The van der Waals surface area contributed by atoms with E-state index < -0.39 is 26.6 Å². The Labute approximate surface area is 151 Å². The molecule has 0 radical (unpaired) electrons. The molecule has 1 heterocycles. The van der Waals surface area contributed by atoms with Crippen LogP contribution in [0.3, 0.4) is 0 Å². The highest BCUT2D eigenvalue weighted by molar-refractivity contribution is 7.89. The zero-order valence-electron chi connectivity index (χ0n) is 14.4. The summed E-state index contributed by atoms with van der Waals surface area (Å²) in [7, 11) is -2.70. The molecule has 0 N–H and O–H groups in total. The van der Waals surface area contributed by atoms with E-state index >= 15 is 0 Å². The van der Waals surface area contributed by atoms with Crippen LogP contribution < -0.4 is 4.90 Å². The normalized spacial score (nSPS) is 15.5. The van der Waals surface area contributed by atoms with E-state index in [2.05, 4.69) is 4.90 Å². The largest absolute Gasteiger partial charge is 0.378 e. The number of benzene rings is 2. The molecule has 1 aliphatic heterocycles. The number of para-hydroxylation sites is 1. The second-order valence-corrected chi connectivity index (χ2v) is 8.08. The summed E-state index contributed by atoms with van der Waals surface area (Å²) in [6.45, 7) is 2.75. The van der Waals surface area contributed by atoms with Crippen molar-refractivity contribution in [2.24, 2.45) is 0 Å². The third-order valence-electron chi connectivity index (χ3n) is 4.32. The van der Waals surface area contributed by atoms with Gasteiger partial charge in [0.1, 0.15) is 16.5 Å². The van der Waals surface area contributed by atoms with Crippen molar-refractivity contribution in [2.75, 3.05) is 38.3 Å². The number of sulfonamides is 1. The summed E-state index contributed by atoms with van der Waals surface area (Å²) in [5, 5.41) is 0. The van der Waals surface area contributed by atoms with Crippen LogP contribution in [0.5, 0.6) is 0 Å². The second-order valence-electron chi connectivity index (χ2n) is 6.06. The van der Waals surface area contributed by atoms with Crippen molar-refractivity contribution in [1.29, 1.82) is 0 Å². The minimum absolute atomic E-state index is 0.0761. The van der Waals surface area contributed by atoms with E-state index in [1.54, 1.807) is 0 Å². The molecule has 0 atom stereocenters. The highest BCUT2D eigenvalue weighted by atomic mass is 32.2. The Morgan fingerprint density at radius 3 is 2.50 bits per heavy atom. The van der Waals surface area contributed by atoms with E-state index in [-0.39, 0.29) is 6.54 Å². The van der Waals surface area contributed by atoms with Crippen LogP contribution in [-0.4, -0.2) is 46.1 Å².